The Kier molecular flexibility index (Phi) is 7.27. The maximum Gasteiger partial charge on any atom is 0.409 e. The normalized spacial score (nSPS) is 20.4. The van der Waals surface area contributed by atoms with Gasteiger partial charge in [-0.15, -0.1) is 0 Å². The maximum absolute atomic E-state index is 12.4. The molecule has 3 aromatic heterocycles. The SMILES string of the molecule is CCOC(=O)N1CCC(n2ncc3c(N4CC5CCC(C4)O5)nc(-c4ccc(NC(=O)Nc5ccn[nH]5)cc4)nc32)CC1. The first kappa shape index (κ1) is 27.1. The zero-order valence-electron chi connectivity index (χ0n) is 23.9. The molecule has 0 aliphatic carbocycles. The van der Waals surface area contributed by atoms with Crippen LogP contribution in [0, 0.1) is 0 Å². The van der Waals surface area contributed by atoms with Crippen molar-refractivity contribution in [3.63, 3.8) is 0 Å². The third kappa shape index (κ3) is 5.57. The van der Waals surface area contributed by atoms with E-state index in [0.717, 1.165) is 61.2 Å². The summed E-state index contributed by atoms with van der Waals surface area (Å²) in [5, 5.41) is 17.8. The number of H-pyrrole nitrogens is 1. The number of amides is 3. The third-order valence-electron chi connectivity index (χ3n) is 8.26. The Labute approximate surface area is 247 Å². The molecule has 43 heavy (non-hydrogen) atoms. The Hall–Kier alpha value is -4.72. The van der Waals surface area contributed by atoms with Gasteiger partial charge in [-0.05, 0) is 56.9 Å². The van der Waals surface area contributed by atoms with Gasteiger partial charge in [-0.25, -0.2) is 24.2 Å². The van der Waals surface area contributed by atoms with Gasteiger partial charge in [-0.1, -0.05) is 0 Å². The van der Waals surface area contributed by atoms with Crippen molar-refractivity contribution in [3.05, 3.63) is 42.7 Å². The number of rotatable bonds is 6. The molecule has 14 heteroatoms. The number of ether oxygens (including phenoxy) is 2. The van der Waals surface area contributed by atoms with E-state index in [1.54, 1.807) is 17.2 Å². The number of carbonyl (C=O) groups is 2. The van der Waals surface area contributed by atoms with Gasteiger partial charge in [-0.3, -0.25) is 10.4 Å². The zero-order valence-corrected chi connectivity index (χ0v) is 23.9. The molecule has 3 aliphatic rings. The van der Waals surface area contributed by atoms with E-state index in [1.165, 1.54) is 0 Å². The van der Waals surface area contributed by atoms with Crippen molar-refractivity contribution in [2.24, 2.45) is 0 Å². The Morgan fingerprint density at radius 1 is 1.02 bits per heavy atom. The van der Waals surface area contributed by atoms with E-state index in [0.29, 0.717) is 37.0 Å². The van der Waals surface area contributed by atoms with Gasteiger partial charge in [-0.2, -0.15) is 10.2 Å². The van der Waals surface area contributed by atoms with Gasteiger partial charge in [0.05, 0.1) is 42.6 Å². The molecular formula is C29H34N10O4. The molecule has 3 fully saturated rings. The number of benzene rings is 1. The number of carbonyl (C=O) groups excluding carboxylic acids is 2. The number of urea groups is 1. The van der Waals surface area contributed by atoms with Gasteiger partial charge in [0.2, 0.25) is 0 Å². The topological polar surface area (TPSA) is 155 Å². The molecule has 4 aromatic rings. The number of hydrogen-bond donors (Lipinski definition) is 3. The second-order valence-corrected chi connectivity index (χ2v) is 11.1. The monoisotopic (exact) mass is 586 g/mol. The third-order valence-corrected chi connectivity index (χ3v) is 8.26. The number of nitrogens with one attached hydrogen (secondary N) is 3. The summed E-state index contributed by atoms with van der Waals surface area (Å²) in [4.78, 5) is 38.8. The summed E-state index contributed by atoms with van der Waals surface area (Å²) in [6.45, 7) is 4.94. The van der Waals surface area contributed by atoms with E-state index in [4.69, 9.17) is 24.5 Å². The Morgan fingerprint density at radius 3 is 2.49 bits per heavy atom. The molecule has 0 spiro atoms. The van der Waals surface area contributed by atoms with Crippen LogP contribution in [0.2, 0.25) is 0 Å². The van der Waals surface area contributed by atoms with Crippen LogP contribution in [0.25, 0.3) is 22.4 Å². The summed E-state index contributed by atoms with van der Waals surface area (Å²) >= 11 is 0. The smallest absolute Gasteiger partial charge is 0.409 e. The predicted molar refractivity (Wildman–Crippen MR) is 159 cm³/mol. The number of nitrogens with zero attached hydrogens (tertiary/aromatic N) is 7. The highest BCUT2D eigenvalue weighted by molar-refractivity contribution is 5.99. The number of hydrogen-bond acceptors (Lipinski definition) is 9. The highest BCUT2D eigenvalue weighted by Gasteiger charge is 2.36. The first-order chi connectivity index (χ1) is 21.0. The summed E-state index contributed by atoms with van der Waals surface area (Å²) in [7, 11) is 0. The number of aromatic nitrogens is 6. The molecule has 3 N–H and O–H groups in total. The van der Waals surface area contributed by atoms with Gasteiger partial charge in [0, 0.05) is 43.5 Å². The maximum atomic E-state index is 12.4. The van der Waals surface area contributed by atoms with E-state index >= 15 is 0 Å². The van der Waals surface area contributed by atoms with Crippen molar-refractivity contribution in [2.75, 3.05) is 48.3 Å². The average molecular weight is 587 g/mol. The van der Waals surface area contributed by atoms with Crippen LogP contribution in [-0.2, 0) is 9.47 Å². The van der Waals surface area contributed by atoms with Crippen molar-refractivity contribution in [1.82, 2.24) is 34.8 Å². The first-order valence-electron chi connectivity index (χ1n) is 14.8. The Morgan fingerprint density at radius 2 is 1.79 bits per heavy atom. The van der Waals surface area contributed by atoms with Crippen molar-refractivity contribution in [2.45, 2.75) is 50.9 Å². The van der Waals surface area contributed by atoms with E-state index in [-0.39, 0.29) is 30.4 Å². The second-order valence-electron chi connectivity index (χ2n) is 11.1. The molecule has 2 bridgehead atoms. The van der Waals surface area contributed by atoms with E-state index in [1.807, 2.05) is 42.1 Å². The summed E-state index contributed by atoms with van der Waals surface area (Å²) in [6.07, 6.45) is 7.20. The fraction of sp³-hybridized carbons (Fsp3) is 0.448. The van der Waals surface area contributed by atoms with E-state index in [2.05, 4.69) is 25.7 Å². The van der Waals surface area contributed by atoms with Gasteiger partial charge in [0.15, 0.2) is 11.5 Å². The number of aromatic amines is 1. The highest BCUT2D eigenvalue weighted by Crippen LogP contribution is 2.35. The van der Waals surface area contributed by atoms with Gasteiger partial charge in [0.1, 0.15) is 11.6 Å². The van der Waals surface area contributed by atoms with Crippen LogP contribution in [0.1, 0.15) is 38.6 Å². The number of anilines is 3. The van der Waals surface area contributed by atoms with Crippen molar-refractivity contribution in [3.8, 4) is 11.4 Å². The van der Waals surface area contributed by atoms with Crippen LogP contribution in [0.4, 0.5) is 26.9 Å². The lowest BCUT2D eigenvalue weighted by Crippen LogP contribution is -2.43. The minimum Gasteiger partial charge on any atom is -0.450 e. The summed E-state index contributed by atoms with van der Waals surface area (Å²) in [5.74, 6) is 1.94. The van der Waals surface area contributed by atoms with Crippen molar-refractivity contribution < 1.29 is 19.1 Å². The molecular weight excluding hydrogens is 552 g/mol. The number of fused-ring (bicyclic) bond motifs is 3. The molecule has 3 saturated heterocycles. The predicted octanol–water partition coefficient (Wildman–Crippen LogP) is 4.02. The second kappa shape index (κ2) is 11.5. The Balaban J connectivity index is 1.17. The fourth-order valence-electron chi connectivity index (χ4n) is 6.16. The largest absolute Gasteiger partial charge is 0.450 e. The lowest BCUT2D eigenvalue weighted by molar-refractivity contribution is 0.0303. The van der Waals surface area contributed by atoms with Gasteiger partial charge < -0.3 is 24.6 Å². The summed E-state index contributed by atoms with van der Waals surface area (Å²) < 4.78 is 13.3. The lowest BCUT2D eigenvalue weighted by Gasteiger charge is -2.33. The van der Waals surface area contributed by atoms with E-state index in [9.17, 15) is 9.59 Å². The molecule has 1 aromatic carbocycles. The average Bonchev–Trinajstić information content (AvgIpc) is 3.77. The molecule has 0 saturated carbocycles. The molecule has 7 rings (SSSR count). The minimum absolute atomic E-state index is 0.0969. The summed E-state index contributed by atoms with van der Waals surface area (Å²) in [5.41, 5.74) is 2.23. The molecule has 2 unspecified atom stereocenters. The Bertz CT molecular complexity index is 1590. The van der Waals surface area contributed by atoms with Crippen molar-refractivity contribution in [1.29, 1.82) is 0 Å². The lowest BCUT2D eigenvalue weighted by atomic mass is 10.1. The van der Waals surface area contributed by atoms with Crippen LogP contribution in [0.5, 0.6) is 0 Å². The number of likely N-dealkylation sites (tertiary alicyclic amines) is 1. The number of piperidine rings is 1. The van der Waals surface area contributed by atoms with Crippen LogP contribution in [-0.4, -0.2) is 92.0 Å². The molecule has 3 amide bonds. The van der Waals surface area contributed by atoms with Gasteiger partial charge in [0.25, 0.3) is 0 Å². The van der Waals surface area contributed by atoms with Crippen molar-refractivity contribution >= 4 is 40.5 Å². The first-order valence-corrected chi connectivity index (χ1v) is 14.8. The van der Waals surface area contributed by atoms with E-state index < -0.39 is 0 Å². The minimum atomic E-state index is -0.378. The zero-order chi connectivity index (χ0) is 29.3. The van der Waals surface area contributed by atoms with Gasteiger partial charge >= 0.3 is 12.1 Å². The highest BCUT2D eigenvalue weighted by atomic mass is 16.6. The van der Waals surface area contributed by atoms with Crippen LogP contribution in [0.15, 0.2) is 42.7 Å². The molecule has 2 atom stereocenters. The quantitative estimate of drug-likeness (QED) is 0.304. The molecule has 0 radical (unpaired) electrons. The van der Waals surface area contributed by atoms with Crippen LogP contribution < -0.4 is 15.5 Å². The molecule has 6 heterocycles. The molecule has 224 valence electrons. The fourth-order valence-corrected chi connectivity index (χ4v) is 6.16. The van der Waals surface area contributed by atoms with Crippen LogP contribution in [0.3, 0.4) is 0 Å². The molecule has 14 nitrogen and oxygen atoms in total. The van der Waals surface area contributed by atoms with Crippen LogP contribution >= 0.6 is 0 Å². The number of morpholine rings is 1. The standard InChI is InChI=1S/C29H34N10O4/c1-2-42-29(41)37-13-10-20(11-14-37)39-27-23(15-31-39)26(38-16-21-7-8-22(17-38)43-21)34-25(35-27)18-3-5-19(6-4-18)32-28(40)33-24-9-12-30-36-24/h3-6,9,12,15,20-22H,2,7-8,10-11,13-14,16-17H2,1H3,(H3,30,32,33,36,40). The molecule has 3 aliphatic heterocycles. The summed E-state index contributed by atoms with van der Waals surface area (Å²) in [6, 6.07) is 8.84.